The molecular formula is C39H22N2S2. The molecule has 0 amide bonds. The van der Waals surface area contributed by atoms with E-state index in [2.05, 4.69) is 138 Å². The van der Waals surface area contributed by atoms with Gasteiger partial charge in [-0.05, 0) is 51.7 Å². The van der Waals surface area contributed by atoms with Crippen molar-refractivity contribution in [3.05, 3.63) is 133 Å². The fraction of sp³-hybridized carbons (Fsp3) is 0. The van der Waals surface area contributed by atoms with E-state index in [4.69, 9.17) is 4.98 Å². The molecule has 4 heteroatoms. The fourth-order valence-corrected chi connectivity index (χ4v) is 9.32. The van der Waals surface area contributed by atoms with Crippen molar-refractivity contribution in [3.63, 3.8) is 0 Å². The normalized spacial score (nSPS) is 12.2. The minimum absolute atomic E-state index is 1.02. The van der Waals surface area contributed by atoms with E-state index >= 15 is 0 Å². The predicted molar refractivity (Wildman–Crippen MR) is 187 cm³/mol. The Bertz CT molecular complexity index is 2720. The number of hydrogen-bond donors (Lipinski definition) is 0. The quantitative estimate of drug-likeness (QED) is 0.198. The highest BCUT2D eigenvalue weighted by atomic mass is 32.1. The molecule has 2 nitrogen and oxygen atoms in total. The second-order valence-electron chi connectivity index (χ2n) is 11.2. The third-order valence-electron chi connectivity index (χ3n) is 8.80. The molecule has 0 N–H and O–H groups in total. The van der Waals surface area contributed by atoms with Gasteiger partial charge in [0, 0.05) is 35.6 Å². The number of pyridine rings is 1. The maximum atomic E-state index is 5.20. The Hall–Kier alpha value is -5.03. The van der Waals surface area contributed by atoms with Crippen LogP contribution in [0.5, 0.6) is 0 Å². The molecule has 10 rings (SSSR count). The van der Waals surface area contributed by atoms with Crippen LogP contribution >= 0.6 is 22.7 Å². The number of hydrogen-bond acceptors (Lipinski definition) is 3. The third kappa shape index (κ3) is 3.30. The molecular weight excluding hydrogens is 561 g/mol. The Morgan fingerprint density at radius 2 is 1.23 bits per heavy atom. The van der Waals surface area contributed by atoms with E-state index in [1.165, 1.54) is 67.8 Å². The van der Waals surface area contributed by atoms with Crippen molar-refractivity contribution in [2.24, 2.45) is 0 Å². The van der Waals surface area contributed by atoms with Crippen LogP contribution in [0.25, 0.3) is 90.2 Å². The minimum atomic E-state index is 1.02. The summed E-state index contributed by atoms with van der Waals surface area (Å²) in [7, 11) is 0. The molecule has 0 fully saturated rings. The topological polar surface area (TPSA) is 17.3 Å². The van der Waals surface area contributed by atoms with Crippen molar-refractivity contribution in [1.29, 1.82) is 0 Å². The van der Waals surface area contributed by atoms with Crippen molar-refractivity contribution >= 4 is 90.5 Å². The Labute approximate surface area is 254 Å². The monoisotopic (exact) mass is 582 g/mol. The molecule has 200 valence electrons. The summed E-state index contributed by atoms with van der Waals surface area (Å²) in [6.07, 6.45) is 0. The lowest BCUT2D eigenvalue weighted by Gasteiger charge is -2.10. The second kappa shape index (κ2) is 8.74. The van der Waals surface area contributed by atoms with Gasteiger partial charge in [0.25, 0.3) is 0 Å². The van der Waals surface area contributed by atoms with Gasteiger partial charge in [-0.3, -0.25) is 4.40 Å². The molecule has 0 aliphatic rings. The molecule has 43 heavy (non-hydrogen) atoms. The van der Waals surface area contributed by atoms with Crippen LogP contribution in [0.15, 0.2) is 133 Å². The van der Waals surface area contributed by atoms with Crippen LogP contribution in [-0.2, 0) is 0 Å². The number of benzene rings is 6. The van der Waals surface area contributed by atoms with Gasteiger partial charge in [0.1, 0.15) is 0 Å². The third-order valence-corrected chi connectivity index (χ3v) is 11.3. The maximum Gasteiger partial charge on any atom is 0.156 e. The summed E-state index contributed by atoms with van der Waals surface area (Å²) in [5, 5.41) is 7.80. The van der Waals surface area contributed by atoms with E-state index in [1.54, 1.807) is 0 Å². The largest absolute Gasteiger partial charge is 0.291 e. The number of thiophene rings is 2. The Morgan fingerprint density at radius 1 is 0.488 bits per heavy atom. The Kier molecular flexibility index (Phi) is 4.78. The lowest BCUT2D eigenvalue weighted by Crippen LogP contribution is -1.93. The zero-order chi connectivity index (χ0) is 28.1. The molecule has 6 aromatic carbocycles. The summed E-state index contributed by atoms with van der Waals surface area (Å²) in [6, 6.07) is 48.6. The first-order valence-corrected chi connectivity index (χ1v) is 16.1. The molecule has 0 aliphatic carbocycles. The molecule has 0 bridgehead atoms. The van der Waals surface area contributed by atoms with Crippen molar-refractivity contribution in [3.8, 4) is 22.4 Å². The first-order valence-electron chi connectivity index (χ1n) is 14.5. The maximum absolute atomic E-state index is 5.20. The van der Waals surface area contributed by atoms with Crippen LogP contribution in [0, 0.1) is 0 Å². The van der Waals surface area contributed by atoms with Crippen LogP contribution in [0.2, 0.25) is 0 Å². The highest BCUT2D eigenvalue weighted by Crippen LogP contribution is 2.44. The van der Waals surface area contributed by atoms with Crippen LogP contribution in [-0.4, -0.2) is 9.38 Å². The van der Waals surface area contributed by atoms with E-state index in [0.29, 0.717) is 0 Å². The molecule has 10 aromatic rings. The van der Waals surface area contributed by atoms with Gasteiger partial charge >= 0.3 is 0 Å². The molecule has 0 atom stereocenters. The van der Waals surface area contributed by atoms with Crippen molar-refractivity contribution < 1.29 is 0 Å². The summed E-state index contributed by atoms with van der Waals surface area (Å²) in [6.45, 7) is 0. The minimum Gasteiger partial charge on any atom is -0.291 e. The first-order chi connectivity index (χ1) is 21.3. The molecule has 0 aliphatic heterocycles. The van der Waals surface area contributed by atoms with Crippen LogP contribution in [0.1, 0.15) is 0 Å². The zero-order valence-corrected chi connectivity index (χ0v) is 24.5. The summed E-state index contributed by atoms with van der Waals surface area (Å²) in [4.78, 5) is 5.20. The average molecular weight is 583 g/mol. The van der Waals surface area contributed by atoms with E-state index in [0.717, 1.165) is 22.4 Å². The second-order valence-corrected chi connectivity index (χ2v) is 13.2. The number of rotatable bonds is 2. The van der Waals surface area contributed by atoms with Crippen LogP contribution < -0.4 is 0 Å². The molecule has 0 spiro atoms. The van der Waals surface area contributed by atoms with Crippen molar-refractivity contribution in [1.82, 2.24) is 9.38 Å². The molecule has 0 saturated heterocycles. The number of imidazole rings is 1. The van der Waals surface area contributed by atoms with Gasteiger partial charge in [-0.2, -0.15) is 0 Å². The van der Waals surface area contributed by atoms with Crippen molar-refractivity contribution in [2.45, 2.75) is 0 Å². The lowest BCUT2D eigenvalue weighted by molar-refractivity contribution is 1.25. The Balaban J connectivity index is 1.23. The highest BCUT2D eigenvalue weighted by Gasteiger charge is 2.19. The van der Waals surface area contributed by atoms with E-state index in [-0.39, 0.29) is 0 Å². The SMILES string of the molecule is c1ccc2c(c1)ccc1c3cc(-c4ccc(-c5cccc6c5sc5ccccc56)cc4)n4c5ccccc5nc4c3sc21. The standard InChI is InChI=1S/C39H22N2S2/c1-2-9-26-23(8-1)20-21-30-31-22-34(41-33-14-5-4-13-32(33)40-39(41)38(31)43-37(26)30)25-18-16-24(17-19-25)27-11-7-12-29-28-10-3-6-15-35(28)42-36(27)29/h1-22H. The van der Waals surface area contributed by atoms with Gasteiger partial charge in [-0.25, -0.2) is 4.98 Å². The molecule has 0 radical (unpaired) electrons. The van der Waals surface area contributed by atoms with Crippen molar-refractivity contribution in [2.75, 3.05) is 0 Å². The number of para-hydroxylation sites is 2. The molecule has 4 heterocycles. The van der Waals surface area contributed by atoms with Crippen LogP contribution in [0.3, 0.4) is 0 Å². The van der Waals surface area contributed by atoms with E-state index in [9.17, 15) is 0 Å². The summed E-state index contributed by atoms with van der Waals surface area (Å²) in [5.74, 6) is 0. The summed E-state index contributed by atoms with van der Waals surface area (Å²) >= 11 is 3.74. The molecule has 0 saturated carbocycles. The van der Waals surface area contributed by atoms with Gasteiger partial charge < -0.3 is 0 Å². The number of nitrogens with zero attached hydrogens (tertiary/aromatic N) is 2. The first kappa shape index (κ1) is 23.5. The zero-order valence-electron chi connectivity index (χ0n) is 22.9. The molecule has 4 aromatic heterocycles. The lowest BCUT2D eigenvalue weighted by atomic mass is 10.00. The summed E-state index contributed by atoms with van der Waals surface area (Å²) < 4.78 is 7.60. The van der Waals surface area contributed by atoms with Gasteiger partial charge in [-0.1, -0.05) is 109 Å². The highest BCUT2D eigenvalue weighted by molar-refractivity contribution is 7.27. The summed E-state index contributed by atoms with van der Waals surface area (Å²) in [5.41, 5.74) is 8.05. The average Bonchev–Trinajstić information content (AvgIpc) is 3.76. The Morgan fingerprint density at radius 3 is 2.16 bits per heavy atom. The van der Waals surface area contributed by atoms with Gasteiger partial charge in [0.05, 0.1) is 21.4 Å². The predicted octanol–water partition coefficient (Wildman–Crippen LogP) is 11.7. The van der Waals surface area contributed by atoms with Gasteiger partial charge in [0.15, 0.2) is 5.65 Å². The number of aromatic nitrogens is 2. The van der Waals surface area contributed by atoms with Gasteiger partial charge in [-0.15, -0.1) is 22.7 Å². The fourth-order valence-electron chi connectivity index (χ4n) is 6.78. The van der Waals surface area contributed by atoms with Gasteiger partial charge in [0.2, 0.25) is 0 Å². The molecule has 0 unspecified atom stereocenters. The number of fused-ring (bicyclic) bond motifs is 12. The van der Waals surface area contributed by atoms with E-state index < -0.39 is 0 Å². The van der Waals surface area contributed by atoms with E-state index in [1.807, 2.05) is 22.7 Å². The smallest absolute Gasteiger partial charge is 0.156 e. The van der Waals surface area contributed by atoms with Crippen LogP contribution in [0.4, 0.5) is 0 Å².